The molecule has 0 saturated carbocycles. The van der Waals surface area contributed by atoms with Crippen LogP contribution in [0.3, 0.4) is 0 Å². The van der Waals surface area contributed by atoms with Gasteiger partial charge in [0.15, 0.2) is 0 Å². The Labute approximate surface area is 116 Å². The van der Waals surface area contributed by atoms with Crippen molar-refractivity contribution in [1.82, 2.24) is 9.80 Å². The summed E-state index contributed by atoms with van der Waals surface area (Å²) in [5, 5.41) is 9.75. The normalized spacial score (nSPS) is 35.5. The number of amides is 1. The molecule has 1 fully saturated rings. The predicted molar refractivity (Wildman–Crippen MR) is 75.8 cm³/mol. The molecular formula is C15H26N2O2. The third-order valence-corrected chi connectivity index (χ3v) is 4.52. The number of aliphatic hydroxyl groups is 1. The van der Waals surface area contributed by atoms with Crippen LogP contribution in [0.2, 0.25) is 0 Å². The highest BCUT2D eigenvalue weighted by molar-refractivity contribution is 5.82. The Hall–Kier alpha value is -0.870. The van der Waals surface area contributed by atoms with Crippen molar-refractivity contribution in [2.45, 2.75) is 38.7 Å². The van der Waals surface area contributed by atoms with E-state index in [1.165, 1.54) is 0 Å². The third-order valence-electron chi connectivity index (χ3n) is 4.52. The van der Waals surface area contributed by atoms with Crippen molar-refractivity contribution in [3.8, 4) is 0 Å². The smallest absolute Gasteiger partial charge is 0.228 e. The highest BCUT2D eigenvalue weighted by Crippen LogP contribution is 2.34. The van der Waals surface area contributed by atoms with Crippen LogP contribution in [0, 0.1) is 5.41 Å². The van der Waals surface area contributed by atoms with Gasteiger partial charge in [0.25, 0.3) is 0 Å². The Balaban J connectivity index is 2.01. The summed E-state index contributed by atoms with van der Waals surface area (Å²) in [6, 6.07) is 0. The molecule has 1 N–H and O–H groups in total. The molecule has 1 aliphatic carbocycles. The number of carbonyl (C=O) groups is 1. The molecule has 1 amide bonds. The van der Waals surface area contributed by atoms with Crippen LogP contribution in [0.1, 0.15) is 32.6 Å². The number of nitrogens with zero attached hydrogens (tertiary/aromatic N) is 2. The number of hydrogen-bond donors (Lipinski definition) is 1. The fourth-order valence-electron chi connectivity index (χ4n) is 2.95. The molecule has 2 aliphatic rings. The van der Waals surface area contributed by atoms with E-state index in [1.54, 1.807) is 0 Å². The standard InChI is InChI=1S/C15H26N2O2/c1-15(7-4-3-5-13(18)6-8-15)14(19)17-11-9-16(2)10-12-17/h3,5,13,18H,4,6-12H2,1-2H3/b5-3-. The molecule has 2 rings (SSSR count). The summed E-state index contributed by atoms with van der Waals surface area (Å²) in [5.74, 6) is 0.281. The molecule has 108 valence electrons. The van der Waals surface area contributed by atoms with E-state index in [0.29, 0.717) is 6.42 Å². The predicted octanol–water partition coefficient (Wildman–Crippen LogP) is 1.26. The molecule has 4 nitrogen and oxygen atoms in total. The van der Waals surface area contributed by atoms with E-state index in [1.807, 2.05) is 17.1 Å². The van der Waals surface area contributed by atoms with E-state index in [0.717, 1.165) is 45.4 Å². The molecule has 19 heavy (non-hydrogen) atoms. The molecular weight excluding hydrogens is 240 g/mol. The first kappa shape index (κ1) is 14.5. The molecule has 1 aliphatic heterocycles. The van der Waals surface area contributed by atoms with Crippen LogP contribution in [0.5, 0.6) is 0 Å². The number of carbonyl (C=O) groups excluding carboxylic acids is 1. The lowest BCUT2D eigenvalue weighted by atomic mass is 9.77. The van der Waals surface area contributed by atoms with Gasteiger partial charge in [-0.3, -0.25) is 4.79 Å². The first-order valence-corrected chi connectivity index (χ1v) is 7.34. The van der Waals surface area contributed by atoms with Gasteiger partial charge in [-0.25, -0.2) is 0 Å². The molecule has 0 bridgehead atoms. The summed E-state index contributed by atoms with van der Waals surface area (Å²) in [5.41, 5.74) is -0.304. The molecule has 0 aromatic carbocycles. The SMILES string of the molecule is CN1CCN(C(=O)C2(C)CC/C=C\C(O)CC2)CC1. The van der Waals surface area contributed by atoms with Gasteiger partial charge in [0, 0.05) is 31.6 Å². The molecule has 0 aromatic heterocycles. The zero-order valence-corrected chi connectivity index (χ0v) is 12.1. The Morgan fingerprint density at radius 2 is 1.95 bits per heavy atom. The zero-order valence-electron chi connectivity index (χ0n) is 12.1. The van der Waals surface area contributed by atoms with Crippen LogP contribution in [0.15, 0.2) is 12.2 Å². The van der Waals surface area contributed by atoms with E-state index in [9.17, 15) is 9.90 Å². The average molecular weight is 266 g/mol. The van der Waals surface area contributed by atoms with Crippen LogP contribution in [-0.4, -0.2) is 60.1 Å². The molecule has 0 spiro atoms. The Kier molecular flexibility index (Phi) is 4.63. The maximum atomic E-state index is 12.8. The quantitative estimate of drug-likeness (QED) is 0.727. The van der Waals surface area contributed by atoms with E-state index in [4.69, 9.17) is 0 Å². The number of allylic oxidation sites excluding steroid dienone is 1. The minimum absolute atomic E-state index is 0.281. The van der Waals surface area contributed by atoms with E-state index in [-0.39, 0.29) is 17.4 Å². The number of piperazine rings is 1. The molecule has 4 heteroatoms. The van der Waals surface area contributed by atoms with Crippen LogP contribution in [0.4, 0.5) is 0 Å². The van der Waals surface area contributed by atoms with Gasteiger partial charge < -0.3 is 14.9 Å². The Morgan fingerprint density at radius 3 is 2.63 bits per heavy atom. The topological polar surface area (TPSA) is 43.8 Å². The van der Waals surface area contributed by atoms with Crippen molar-refractivity contribution in [3.05, 3.63) is 12.2 Å². The minimum atomic E-state index is -0.389. The van der Waals surface area contributed by atoms with Crippen molar-refractivity contribution in [2.75, 3.05) is 33.2 Å². The summed E-state index contributed by atoms with van der Waals surface area (Å²) in [6.45, 7) is 5.67. The van der Waals surface area contributed by atoms with Crippen molar-refractivity contribution in [2.24, 2.45) is 5.41 Å². The van der Waals surface area contributed by atoms with Crippen molar-refractivity contribution < 1.29 is 9.90 Å². The Morgan fingerprint density at radius 1 is 1.26 bits per heavy atom. The third kappa shape index (κ3) is 3.57. The van der Waals surface area contributed by atoms with Gasteiger partial charge in [0.1, 0.15) is 0 Å². The summed E-state index contributed by atoms with van der Waals surface area (Å²) in [4.78, 5) is 17.0. The number of aliphatic hydroxyl groups excluding tert-OH is 1. The number of hydrogen-bond acceptors (Lipinski definition) is 3. The fraction of sp³-hybridized carbons (Fsp3) is 0.800. The molecule has 2 atom stereocenters. The van der Waals surface area contributed by atoms with Gasteiger partial charge in [-0.2, -0.15) is 0 Å². The van der Waals surface area contributed by atoms with Gasteiger partial charge in [-0.05, 0) is 32.7 Å². The van der Waals surface area contributed by atoms with Gasteiger partial charge in [0.05, 0.1) is 6.10 Å². The molecule has 1 heterocycles. The summed E-state index contributed by atoms with van der Waals surface area (Å²) in [7, 11) is 2.10. The van der Waals surface area contributed by atoms with Gasteiger partial charge in [-0.15, -0.1) is 0 Å². The molecule has 0 radical (unpaired) electrons. The highest BCUT2D eigenvalue weighted by Gasteiger charge is 2.37. The number of rotatable bonds is 1. The number of likely N-dealkylation sites (N-methyl/N-ethyl adjacent to an activating group) is 1. The largest absolute Gasteiger partial charge is 0.389 e. The maximum Gasteiger partial charge on any atom is 0.228 e. The molecule has 1 saturated heterocycles. The second-order valence-corrected chi connectivity index (χ2v) is 6.23. The monoisotopic (exact) mass is 266 g/mol. The summed E-state index contributed by atoms with van der Waals surface area (Å²) < 4.78 is 0. The first-order chi connectivity index (χ1) is 9.01. The van der Waals surface area contributed by atoms with Crippen molar-refractivity contribution >= 4 is 5.91 Å². The Bertz CT molecular complexity index is 348. The van der Waals surface area contributed by atoms with E-state index < -0.39 is 0 Å². The lowest BCUT2D eigenvalue weighted by Gasteiger charge is -2.39. The molecule has 0 aromatic rings. The van der Waals surface area contributed by atoms with E-state index >= 15 is 0 Å². The average Bonchev–Trinajstić information content (AvgIpc) is 2.40. The van der Waals surface area contributed by atoms with Crippen LogP contribution in [-0.2, 0) is 4.79 Å². The fourth-order valence-corrected chi connectivity index (χ4v) is 2.95. The summed E-state index contributed by atoms with van der Waals surface area (Å²) in [6.07, 6.45) is 6.73. The van der Waals surface area contributed by atoms with Gasteiger partial charge >= 0.3 is 0 Å². The highest BCUT2D eigenvalue weighted by atomic mass is 16.3. The second kappa shape index (κ2) is 6.06. The van der Waals surface area contributed by atoms with Crippen LogP contribution >= 0.6 is 0 Å². The molecule has 2 unspecified atom stereocenters. The maximum absolute atomic E-state index is 12.8. The van der Waals surface area contributed by atoms with E-state index in [2.05, 4.69) is 18.9 Å². The zero-order chi connectivity index (χ0) is 13.9. The van der Waals surface area contributed by atoms with Crippen LogP contribution < -0.4 is 0 Å². The minimum Gasteiger partial charge on any atom is -0.389 e. The second-order valence-electron chi connectivity index (χ2n) is 6.23. The summed E-state index contributed by atoms with van der Waals surface area (Å²) >= 11 is 0. The lowest BCUT2D eigenvalue weighted by molar-refractivity contribution is -0.144. The van der Waals surface area contributed by atoms with Crippen molar-refractivity contribution in [1.29, 1.82) is 0 Å². The van der Waals surface area contributed by atoms with Crippen molar-refractivity contribution in [3.63, 3.8) is 0 Å². The first-order valence-electron chi connectivity index (χ1n) is 7.34. The van der Waals surface area contributed by atoms with Gasteiger partial charge in [0.2, 0.25) is 5.91 Å². The lowest BCUT2D eigenvalue weighted by Crippen LogP contribution is -2.51. The van der Waals surface area contributed by atoms with Gasteiger partial charge in [-0.1, -0.05) is 19.1 Å². The van der Waals surface area contributed by atoms with Crippen LogP contribution in [0.25, 0.3) is 0 Å².